The van der Waals surface area contributed by atoms with Crippen LogP contribution >= 0.6 is 0 Å². The molecule has 0 N–H and O–H groups in total. The number of amides is 2. The molecular formula is C20H18NO3-. The molecule has 1 saturated heterocycles. The summed E-state index contributed by atoms with van der Waals surface area (Å²) >= 11 is 0. The summed E-state index contributed by atoms with van der Waals surface area (Å²) in [5.74, 6) is -1.09. The van der Waals surface area contributed by atoms with Gasteiger partial charge in [-0.3, -0.25) is 14.5 Å². The Morgan fingerprint density at radius 1 is 0.875 bits per heavy atom. The zero-order valence-corrected chi connectivity index (χ0v) is 13.3. The number of nitrogens with zero attached hydrogens (tertiary/aromatic N) is 1. The van der Waals surface area contributed by atoms with E-state index in [1.807, 2.05) is 12.1 Å². The van der Waals surface area contributed by atoms with E-state index in [0.29, 0.717) is 30.5 Å². The molecule has 0 bridgehead atoms. The molecule has 1 aliphatic rings. The normalized spacial score (nSPS) is 17.3. The SMILES string of the molecule is O=C1/C(=C(/[O-])c2ccccc2)CCCCN1C(=O)c1ccccc1. The van der Waals surface area contributed by atoms with Gasteiger partial charge < -0.3 is 5.11 Å². The van der Waals surface area contributed by atoms with E-state index in [2.05, 4.69) is 0 Å². The summed E-state index contributed by atoms with van der Waals surface area (Å²) in [4.78, 5) is 26.7. The lowest BCUT2D eigenvalue weighted by atomic mass is 10.0. The molecule has 1 fully saturated rings. The Morgan fingerprint density at radius 2 is 1.46 bits per heavy atom. The quantitative estimate of drug-likeness (QED) is 0.485. The van der Waals surface area contributed by atoms with Crippen molar-refractivity contribution in [2.45, 2.75) is 19.3 Å². The smallest absolute Gasteiger partial charge is 0.260 e. The molecule has 0 saturated carbocycles. The van der Waals surface area contributed by atoms with Crippen LogP contribution in [-0.4, -0.2) is 23.3 Å². The molecule has 0 unspecified atom stereocenters. The minimum Gasteiger partial charge on any atom is -0.872 e. The van der Waals surface area contributed by atoms with Gasteiger partial charge in [-0.1, -0.05) is 54.3 Å². The highest BCUT2D eigenvalue weighted by atomic mass is 16.3. The van der Waals surface area contributed by atoms with Crippen molar-refractivity contribution < 1.29 is 14.7 Å². The van der Waals surface area contributed by atoms with Gasteiger partial charge in [0.2, 0.25) is 0 Å². The second-order valence-corrected chi connectivity index (χ2v) is 5.76. The summed E-state index contributed by atoms with van der Waals surface area (Å²) in [6, 6.07) is 17.4. The highest BCUT2D eigenvalue weighted by molar-refractivity contribution is 6.12. The second kappa shape index (κ2) is 7.13. The van der Waals surface area contributed by atoms with Crippen molar-refractivity contribution in [3.63, 3.8) is 0 Å². The molecule has 0 spiro atoms. The average Bonchev–Trinajstić information content (AvgIpc) is 2.83. The van der Waals surface area contributed by atoms with Gasteiger partial charge in [0.15, 0.2) is 0 Å². The van der Waals surface area contributed by atoms with Crippen LogP contribution in [0.4, 0.5) is 0 Å². The van der Waals surface area contributed by atoms with Gasteiger partial charge in [0.1, 0.15) is 0 Å². The minimum atomic E-state index is -0.463. The molecule has 24 heavy (non-hydrogen) atoms. The fourth-order valence-electron chi connectivity index (χ4n) is 2.85. The number of carbonyl (C=O) groups is 2. The fraction of sp³-hybridized carbons (Fsp3) is 0.200. The third kappa shape index (κ3) is 3.23. The van der Waals surface area contributed by atoms with Crippen LogP contribution in [0.5, 0.6) is 0 Å². The molecule has 122 valence electrons. The Labute approximate surface area is 141 Å². The van der Waals surface area contributed by atoms with Crippen molar-refractivity contribution >= 4 is 17.6 Å². The van der Waals surface area contributed by atoms with Gasteiger partial charge in [0.05, 0.1) is 0 Å². The van der Waals surface area contributed by atoms with Gasteiger partial charge in [-0.15, -0.1) is 0 Å². The maximum absolute atomic E-state index is 12.8. The number of benzene rings is 2. The second-order valence-electron chi connectivity index (χ2n) is 5.76. The maximum atomic E-state index is 12.8. The molecule has 0 atom stereocenters. The van der Waals surface area contributed by atoms with Crippen LogP contribution in [0.3, 0.4) is 0 Å². The fourth-order valence-corrected chi connectivity index (χ4v) is 2.85. The number of imide groups is 1. The molecule has 2 aromatic rings. The minimum absolute atomic E-state index is 0.197. The van der Waals surface area contributed by atoms with Crippen molar-refractivity contribution in [1.29, 1.82) is 0 Å². The highest BCUT2D eigenvalue weighted by Gasteiger charge is 2.27. The molecule has 4 heteroatoms. The van der Waals surface area contributed by atoms with Crippen molar-refractivity contribution in [3.8, 4) is 0 Å². The molecule has 0 radical (unpaired) electrons. The lowest BCUT2D eigenvalue weighted by molar-refractivity contribution is -0.245. The van der Waals surface area contributed by atoms with Crippen LogP contribution in [0, 0.1) is 0 Å². The topological polar surface area (TPSA) is 60.4 Å². The van der Waals surface area contributed by atoms with Crippen molar-refractivity contribution in [1.82, 2.24) is 4.90 Å². The molecule has 2 amide bonds. The molecular weight excluding hydrogens is 302 g/mol. The number of likely N-dealkylation sites (tertiary alicyclic amines) is 1. The van der Waals surface area contributed by atoms with Gasteiger partial charge in [-0.25, -0.2) is 0 Å². The van der Waals surface area contributed by atoms with Gasteiger partial charge in [-0.05, 0) is 37.0 Å². The Kier molecular flexibility index (Phi) is 4.75. The van der Waals surface area contributed by atoms with Gasteiger partial charge in [-0.2, -0.15) is 0 Å². The monoisotopic (exact) mass is 320 g/mol. The number of hydrogen-bond donors (Lipinski definition) is 0. The third-order valence-corrected chi connectivity index (χ3v) is 4.14. The Morgan fingerprint density at radius 3 is 2.08 bits per heavy atom. The Bertz CT molecular complexity index is 766. The van der Waals surface area contributed by atoms with Crippen LogP contribution in [0.2, 0.25) is 0 Å². The Balaban J connectivity index is 1.95. The van der Waals surface area contributed by atoms with E-state index in [4.69, 9.17) is 0 Å². The average molecular weight is 320 g/mol. The zero-order valence-electron chi connectivity index (χ0n) is 13.3. The van der Waals surface area contributed by atoms with Crippen LogP contribution in [0.25, 0.3) is 5.76 Å². The molecule has 0 aromatic heterocycles. The van der Waals surface area contributed by atoms with E-state index in [1.54, 1.807) is 48.5 Å². The van der Waals surface area contributed by atoms with E-state index < -0.39 is 5.91 Å². The van der Waals surface area contributed by atoms with E-state index in [9.17, 15) is 14.7 Å². The van der Waals surface area contributed by atoms with Crippen LogP contribution in [0.15, 0.2) is 66.2 Å². The zero-order chi connectivity index (χ0) is 16.9. The summed E-state index contributed by atoms with van der Waals surface area (Å²) in [6.07, 6.45) is 1.83. The molecule has 4 nitrogen and oxygen atoms in total. The standard InChI is InChI=1S/C20H19NO3/c22-18(15-9-3-1-4-10-15)17-13-7-8-14-21(20(17)24)19(23)16-11-5-2-6-12-16/h1-6,9-12,22H,7-8,13-14H2/p-1/b18-17+. The van der Waals surface area contributed by atoms with Gasteiger partial charge in [0.25, 0.3) is 11.8 Å². The molecule has 3 rings (SSSR count). The summed E-state index contributed by atoms with van der Waals surface area (Å²) < 4.78 is 0. The molecule has 1 aliphatic heterocycles. The summed E-state index contributed by atoms with van der Waals surface area (Å²) in [5, 5.41) is 12.7. The largest absolute Gasteiger partial charge is 0.872 e. The molecule has 0 aliphatic carbocycles. The van der Waals surface area contributed by atoms with Crippen LogP contribution in [-0.2, 0) is 4.79 Å². The number of rotatable bonds is 2. The number of hydrogen-bond acceptors (Lipinski definition) is 3. The van der Waals surface area contributed by atoms with E-state index in [0.717, 1.165) is 6.42 Å². The van der Waals surface area contributed by atoms with Crippen molar-refractivity contribution in [3.05, 3.63) is 77.4 Å². The first kappa shape index (κ1) is 16.0. The van der Waals surface area contributed by atoms with Gasteiger partial charge in [0, 0.05) is 17.7 Å². The lowest BCUT2D eigenvalue weighted by Gasteiger charge is -2.23. The first-order valence-corrected chi connectivity index (χ1v) is 8.05. The first-order valence-electron chi connectivity index (χ1n) is 8.05. The predicted octanol–water partition coefficient (Wildman–Crippen LogP) is 2.61. The summed E-state index contributed by atoms with van der Waals surface area (Å²) in [5.41, 5.74) is 1.14. The molecule has 2 aromatic carbocycles. The molecule has 1 heterocycles. The highest BCUT2D eigenvalue weighted by Crippen LogP contribution is 2.24. The lowest BCUT2D eigenvalue weighted by Crippen LogP contribution is -2.38. The third-order valence-electron chi connectivity index (χ3n) is 4.14. The van der Waals surface area contributed by atoms with E-state index in [-0.39, 0.29) is 17.2 Å². The predicted molar refractivity (Wildman–Crippen MR) is 89.7 cm³/mol. The summed E-state index contributed by atoms with van der Waals surface area (Å²) in [7, 11) is 0. The first-order chi connectivity index (χ1) is 11.7. The van der Waals surface area contributed by atoms with Gasteiger partial charge >= 0.3 is 0 Å². The maximum Gasteiger partial charge on any atom is 0.260 e. The Hall–Kier alpha value is -2.88. The van der Waals surface area contributed by atoms with Crippen molar-refractivity contribution in [2.75, 3.05) is 6.54 Å². The van der Waals surface area contributed by atoms with E-state index >= 15 is 0 Å². The van der Waals surface area contributed by atoms with E-state index in [1.165, 1.54) is 4.90 Å². The van der Waals surface area contributed by atoms with Crippen molar-refractivity contribution in [2.24, 2.45) is 0 Å². The summed E-state index contributed by atoms with van der Waals surface area (Å²) in [6.45, 7) is 0.345. The van der Waals surface area contributed by atoms with Crippen LogP contribution < -0.4 is 5.11 Å². The number of carbonyl (C=O) groups excluding carboxylic acids is 2. The van der Waals surface area contributed by atoms with Crippen LogP contribution in [0.1, 0.15) is 35.2 Å².